The lowest BCUT2D eigenvalue weighted by Gasteiger charge is -2.12. The number of rotatable bonds is 7. The van der Waals surface area contributed by atoms with E-state index in [0.29, 0.717) is 0 Å². The Morgan fingerprint density at radius 2 is 1.82 bits per heavy atom. The molecule has 0 amide bonds. The first-order valence-electron chi connectivity index (χ1n) is 9.34. The summed E-state index contributed by atoms with van der Waals surface area (Å²) in [5.41, 5.74) is 4.91. The van der Waals surface area contributed by atoms with Crippen molar-refractivity contribution in [3.05, 3.63) is 65.4 Å². The predicted molar refractivity (Wildman–Crippen MR) is 128 cm³/mol. The van der Waals surface area contributed by atoms with Gasteiger partial charge in [-0.2, -0.15) is 0 Å². The van der Waals surface area contributed by atoms with E-state index in [2.05, 4.69) is 76.2 Å². The number of fused-ring (bicyclic) bond motifs is 1. The third-order valence-corrected chi connectivity index (χ3v) is 4.76. The fraction of sp³-hybridized carbons (Fsp3) is 0.318. The largest absolute Gasteiger partial charge is 0.496 e. The molecular formula is C22H29IN4O. The van der Waals surface area contributed by atoms with Gasteiger partial charge in [0.1, 0.15) is 5.75 Å². The number of benzene rings is 2. The highest BCUT2D eigenvalue weighted by atomic mass is 127. The van der Waals surface area contributed by atoms with Crippen molar-refractivity contribution in [3.63, 3.8) is 0 Å². The van der Waals surface area contributed by atoms with Gasteiger partial charge in [-0.1, -0.05) is 30.3 Å². The SMILES string of the molecule is CN=C(NCCc1ccc(C)c(OC)c1)NCCc1c[nH]c2ccccc12.I. The molecule has 0 aliphatic rings. The first-order valence-corrected chi connectivity index (χ1v) is 9.34. The number of hydrogen-bond acceptors (Lipinski definition) is 2. The lowest BCUT2D eigenvalue weighted by Crippen LogP contribution is -2.39. The van der Waals surface area contributed by atoms with Crippen LogP contribution in [0.15, 0.2) is 53.7 Å². The molecule has 3 rings (SSSR count). The smallest absolute Gasteiger partial charge is 0.190 e. The Kier molecular flexibility index (Phi) is 8.63. The van der Waals surface area contributed by atoms with E-state index < -0.39 is 0 Å². The Morgan fingerprint density at radius 3 is 2.57 bits per heavy atom. The Hall–Kier alpha value is -2.22. The minimum absolute atomic E-state index is 0. The molecule has 0 aliphatic heterocycles. The number of aromatic amines is 1. The monoisotopic (exact) mass is 492 g/mol. The van der Waals surface area contributed by atoms with Gasteiger partial charge in [0.2, 0.25) is 0 Å². The van der Waals surface area contributed by atoms with Gasteiger partial charge in [-0.3, -0.25) is 4.99 Å². The quantitative estimate of drug-likeness (QED) is 0.265. The van der Waals surface area contributed by atoms with Crippen LogP contribution in [0.2, 0.25) is 0 Å². The maximum atomic E-state index is 5.39. The minimum Gasteiger partial charge on any atom is -0.496 e. The summed E-state index contributed by atoms with van der Waals surface area (Å²) in [6, 6.07) is 14.7. The van der Waals surface area contributed by atoms with Crippen molar-refractivity contribution in [3.8, 4) is 5.75 Å². The zero-order chi connectivity index (χ0) is 19.1. The van der Waals surface area contributed by atoms with Crippen molar-refractivity contribution in [1.82, 2.24) is 15.6 Å². The summed E-state index contributed by atoms with van der Waals surface area (Å²) >= 11 is 0. The van der Waals surface area contributed by atoms with Crippen LogP contribution in [0, 0.1) is 6.92 Å². The van der Waals surface area contributed by atoms with Crippen LogP contribution in [0.3, 0.4) is 0 Å². The molecule has 0 atom stereocenters. The van der Waals surface area contributed by atoms with Crippen molar-refractivity contribution in [1.29, 1.82) is 0 Å². The van der Waals surface area contributed by atoms with Gasteiger partial charge in [-0.25, -0.2) is 0 Å². The summed E-state index contributed by atoms with van der Waals surface area (Å²) in [5, 5.41) is 8.06. The topological polar surface area (TPSA) is 61.4 Å². The van der Waals surface area contributed by atoms with E-state index in [1.807, 2.05) is 0 Å². The lowest BCUT2D eigenvalue weighted by molar-refractivity contribution is 0.411. The number of aliphatic imine (C=N–C) groups is 1. The van der Waals surface area contributed by atoms with E-state index in [9.17, 15) is 0 Å². The summed E-state index contributed by atoms with van der Waals surface area (Å²) in [4.78, 5) is 7.63. The second-order valence-electron chi connectivity index (χ2n) is 6.59. The normalized spacial score (nSPS) is 11.2. The highest BCUT2D eigenvalue weighted by Gasteiger charge is 2.04. The van der Waals surface area contributed by atoms with Gasteiger partial charge in [-0.05, 0) is 48.6 Å². The van der Waals surface area contributed by atoms with E-state index in [1.165, 1.54) is 22.0 Å². The first kappa shape index (κ1) is 22.1. The van der Waals surface area contributed by atoms with Crippen LogP contribution in [0.25, 0.3) is 10.9 Å². The average molecular weight is 492 g/mol. The van der Waals surface area contributed by atoms with Crippen LogP contribution in [0.5, 0.6) is 5.75 Å². The van der Waals surface area contributed by atoms with Crippen LogP contribution in [-0.4, -0.2) is 38.2 Å². The standard InChI is InChI=1S/C22H28N4O.HI/c1-16-8-9-17(14-21(16)27-3)10-12-24-22(23-2)25-13-11-18-15-26-20-7-5-4-6-19(18)20;/h4-9,14-15,26H,10-13H2,1-3H3,(H2,23,24,25);1H. The number of ether oxygens (including phenoxy) is 1. The number of aromatic nitrogens is 1. The molecule has 0 saturated heterocycles. The molecule has 2 aromatic carbocycles. The molecule has 0 saturated carbocycles. The molecule has 3 aromatic rings. The van der Waals surface area contributed by atoms with Crippen LogP contribution in [0.4, 0.5) is 0 Å². The van der Waals surface area contributed by atoms with Gasteiger partial charge in [0, 0.05) is 37.2 Å². The van der Waals surface area contributed by atoms with Crippen molar-refractivity contribution < 1.29 is 4.74 Å². The fourth-order valence-corrected chi connectivity index (χ4v) is 3.22. The van der Waals surface area contributed by atoms with Crippen LogP contribution < -0.4 is 15.4 Å². The number of halogens is 1. The van der Waals surface area contributed by atoms with Gasteiger partial charge in [0.25, 0.3) is 0 Å². The Balaban J connectivity index is 0.00000280. The highest BCUT2D eigenvalue weighted by molar-refractivity contribution is 14.0. The number of H-pyrrole nitrogens is 1. The van der Waals surface area contributed by atoms with Gasteiger partial charge in [-0.15, -0.1) is 24.0 Å². The van der Waals surface area contributed by atoms with Gasteiger partial charge >= 0.3 is 0 Å². The van der Waals surface area contributed by atoms with E-state index >= 15 is 0 Å². The summed E-state index contributed by atoms with van der Waals surface area (Å²) in [6.07, 6.45) is 3.95. The maximum absolute atomic E-state index is 5.39. The molecule has 28 heavy (non-hydrogen) atoms. The molecule has 6 heteroatoms. The van der Waals surface area contributed by atoms with Crippen LogP contribution in [-0.2, 0) is 12.8 Å². The van der Waals surface area contributed by atoms with E-state index in [0.717, 1.165) is 43.2 Å². The second kappa shape index (κ2) is 10.9. The molecule has 1 heterocycles. The minimum atomic E-state index is 0. The van der Waals surface area contributed by atoms with Crippen molar-refractivity contribution in [2.75, 3.05) is 27.2 Å². The molecule has 0 radical (unpaired) electrons. The molecule has 0 bridgehead atoms. The van der Waals surface area contributed by atoms with Crippen LogP contribution in [0.1, 0.15) is 16.7 Å². The number of para-hydroxylation sites is 1. The van der Waals surface area contributed by atoms with Gasteiger partial charge < -0.3 is 20.4 Å². The molecule has 5 nitrogen and oxygen atoms in total. The van der Waals surface area contributed by atoms with Gasteiger partial charge in [0.05, 0.1) is 7.11 Å². The molecule has 0 aliphatic carbocycles. The summed E-state index contributed by atoms with van der Waals surface area (Å²) in [5.74, 6) is 1.77. The van der Waals surface area contributed by atoms with Crippen molar-refractivity contribution >= 4 is 40.8 Å². The molecule has 1 aromatic heterocycles. The first-order chi connectivity index (χ1) is 13.2. The maximum Gasteiger partial charge on any atom is 0.190 e. The number of nitrogens with zero attached hydrogens (tertiary/aromatic N) is 1. The Bertz CT molecular complexity index is 920. The van der Waals surface area contributed by atoms with E-state index in [4.69, 9.17) is 4.74 Å². The number of aryl methyl sites for hydroxylation is 1. The van der Waals surface area contributed by atoms with Crippen molar-refractivity contribution in [2.24, 2.45) is 4.99 Å². The summed E-state index contributed by atoms with van der Waals surface area (Å²) < 4.78 is 5.39. The Labute approximate surface area is 184 Å². The zero-order valence-corrected chi connectivity index (χ0v) is 19.0. The molecular weight excluding hydrogens is 463 g/mol. The molecule has 0 unspecified atom stereocenters. The molecule has 150 valence electrons. The zero-order valence-electron chi connectivity index (χ0n) is 16.7. The van der Waals surface area contributed by atoms with E-state index in [1.54, 1.807) is 14.2 Å². The van der Waals surface area contributed by atoms with Crippen molar-refractivity contribution in [2.45, 2.75) is 19.8 Å². The molecule has 3 N–H and O–H groups in total. The number of hydrogen-bond donors (Lipinski definition) is 3. The average Bonchev–Trinajstić information content (AvgIpc) is 3.11. The number of nitrogens with one attached hydrogen (secondary N) is 3. The Morgan fingerprint density at radius 1 is 1.07 bits per heavy atom. The third-order valence-electron chi connectivity index (χ3n) is 4.76. The highest BCUT2D eigenvalue weighted by Crippen LogP contribution is 2.19. The molecule has 0 fully saturated rings. The number of guanidine groups is 1. The van der Waals surface area contributed by atoms with Crippen LogP contribution >= 0.6 is 24.0 Å². The second-order valence-corrected chi connectivity index (χ2v) is 6.59. The predicted octanol–water partition coefficient (Wildman–Crippen LogP) is 4.05. The fourth-order valence-electron chi connectivity index (χ4n) is 3.22. The number of methoxy groups -OCH3 is 1. The lowest BCUT2D eigenvalue weighted by atomic mass is 10.1. The van der Waals surface area contributed by atoms with Gasteiger partial charge in [0.15, 0.2) is 5.96 Å². The van der Waals surface area contributed by atoms with E-state index in [-0.39, 0.29) is 24.0 Å². The summed E-state index contributed by atoms with van der Waals surface area (Å²) in [6.45, 7) is 3.71. The third kappa shape index (κ3) is 5.64. The molecule has 0 spiro atoms. The summed E-state index contributed by atoms with van der Waals surface area (Å²) in [7, 11) is 3.51.